The fraction of sp³-hybridized carbons (Fsp3) is 0.909. The highest BCUT2D eigenvalue weighted by molar-refractivity contribution is 5.76. The highest BCUT2D eigenvalue weighted by atomic mass is 16.5. The summed E-state index contributed by atoms with van der Waals surface area (Å²) in [7, 11) is 1.41. The van der Waals surface area contributed by atoms with Crippen LogP contribution < -0.4 is 0 Å². The number of hydrogen-bond acceptors (Lipinski definition) is 4. The van der Waals surface area contributed by atoms with E-state index in [1.807, 2.05) is 4.90 Å². The third kappa shape index (κ3) is 3.47. The first kappa shape index (κ1) is 12.5. The SMILES string of the molecule is COC(=O)C1CCN1CC(O)CC(C)C. The summed E-state index contributed by atoms with van der Waals surface area (Å²) < 4.78 is 4.68. The summed E-state index contributed by atoms with van der Waals surface area (Å²) in [5, 5.41) is 9.73. The topological polar surface area (TPSA) is 49.8 Å². The molecule has 0 aliphatic carbocycles. The molecule has 1 heterocycles. The summed E-state index contributed by atoms with van der Waals surface area (Å²) in [6.45, 7) is 5.63. The largest absolute Gasteiger partial charge is 0.468 e. The molecule has 0 aromatic rings. The maximum Gasteiger partial charge on any atom is 0.323 e. The van der Waals surface area contributed by atoms with Gasteiger partial charge in [0.25, 0.3) is 0 Å². The van der Waals surface area contributed by atoms with E-state index in [1.54, 1.807) is 0 Å². The molecule has 88 valence electrons. The van der Waals surface area contributed by atoms with Crippen LogP contribution in [-0.2, 0) is 9.53 Å². The summed E-state index contributed by atoms with van der Waals surface area (Å²) in [5.41, 5.74) is 0. The Labute approximate surface area is 91.2 Å². The molecule has 0 radical (unpaired) electrons. The van der Waals surface area contributed by atoms with Gasteiger partial charge in [-0.2, -0.15) is 0 Å². The Morgan fingerprint density at radius 3 is 2.67 bits per heavy atom. The second kappa shape index (κ2) is 5.47. The van der Waals surface area contributed by atoms with Gasteiger partial charge in [0.05, 0.1) is 13.2 Å². The van der Waals surface area contributed by atoms with Crippen LogP contribution in [0.5, 0.6) is 0 Å². The fourth-order valence-electron chi connectivity index (χ4n) is 1.95. The minimum Gasteiger partial charge on any atom is -0.468 e. The fourth-order valence-corrected chi connectivity index (χ4v) is 1.95. The van der Waals surface area contributed by atoms with Gasteiger partial charge in [0.15, 0.2) is 0 Å². The number of hydrogen-bond donors (Lipinski definition) is 1. The van der Waals surface area contributed by atoms with Gasteiger partial charge in [-0.25, -0.2) is 0 Å². The monoisotopic (exact) mass is 215 g/mol. The smallest absolute Gasteiger partial charge is 0.323 e. The molecule has 1 aliphatic heterocycles. The highest BCUT2D eigenvalue weighted by Crippen LogP contribution is 2.19. The predicted molar refractivity (Wildman–Crippen MR) is 57.5 cm³/mol. The Kier molecular flexibility index (Phi) is 4.54. The van der Waals surface area contributed by atoms with E-state index in [2.05, 4.69) is 18.6 Å². The summed E-state index contributed by atoms with van der Waals surface area (Å²) in [4.78, 5) is 13.2. The zero-order chi connectivity index (χ0) is 11.4. The lowest BCUT2D eigenvalue weighted by molar-refractivity contribution is -0.152. The van der Waals surface area contributed by atoms with Gasteiger partial charge in [0.1, 0.15) is 6.04 Å². The molecule has 2 atom stereocenters. The average molecular weight is 215 g/mol. The van der Waals surface area contributed by atoms with E-state index in [-0.39, 0.29) is 18.1 Å². The normalized spacial score (nSPS) is 23.7. The molecule has 1 aliphatic rings. The van der Waals surface area contributed by atoms with Crippen molar-refractivity contribution in [3.05, 3.63) is 0 Å². The lowest BCUT2D eigenvalue weighted by Crippen LogP contribution is -2.55. The van der Waals surface area contributed by atoms with E-state index in [0.717, 1.165) is 19.4 Å². The molecule has 1 N–H and O–H groups in total. The number of aliphatic hydroxyl groups is 1. The second-order valence-electron chi connectivity index (χ2n) is 4.61. The van der Waals surface area contributed by atoms with Gasteiger partial charge in [-0.3, -0.25) is 9.69 Å². The minimum absolute atomic E-state index is 0.128. The molecule has 4 nitrogen and oxygen atoms in total. The molecule has 1 saturated heterocycles. The molecule has 1 fully saturated rings. The molecular formula is C11H21NO3. The molecular weight excluding hydrogens is 194 g/mol. The summed E-state index contributed by atoms with van der Waals surface area (Å²) in [6, 6.07) is -0.128. The zero-order valence-corrected chi connectivity index (χ0v) is 9.77. The number of nitrogens with zero attached hydrogens (tertiary/aromatic N) is 1. The third-order valence-electron chi connectivity index (χ3n) is 2.79. The molecule has 0 spiro atoms. The van der Waals surface area contributed by atoms with Crippen LogP contribution in [0.3, 0.4) is 0 Å². The molecule has 2 unspecified atom stereocenters. The van der Waals surface area contributed by atoms with Crippen molar-refractivity contribution in [2.75, 3.05) is 20.2 Å². The number of rotatable bonds is 5. The van der Waals surface area contributed by atoms with Crippen LogP contribution in [0.15, 0.2) is 0 Å². The maximum atomic E-state index is 11.3. The van der Waals surface area contributed by atoms with E-state index in [9.17, 15) is 9.90 Å². The van der Waals surface area contributed by atoms with Gasteiger partial charge < -0.3 is 9.84 Å². The number of ether oxygens (including phenoxy) is 1. The van der Waals surface area contributed by atoms with Crippen molar-refractivity contribution >= 4 is 5.97 Å². The molecule has 0 aromatic heterocycles. The van der Waals surface area contributed by atoms with Crippen LogP contribution >= 0.6 is 0 Å². The molecule has 0 bridgehead atoms. The van der Waals surface area contributed by atoms with Crippen LogP contribution in [0.2, 0.25) is 0 Å². The first-order valence-electron chi connectivity index (χ1n) is 5.54. The van der Waals surface area contributed by atoms with Crippen LogP contribution in [0, 0.1) is 5.92 Å². The molecule has 0 amide bonds. The second-order valence-corrected chi connectivity index (χ2v) is 4.61. The predicted octanol–water partition coefficient (Wildman–Crippen LogP) is 0.641. The highest BCUT2D eigenvalue weighted by Gasteiger charge is 2.35. The number of carbonyl (C=O) groups excluding carboxylic acids is 1. The van der Waals surface area contributed by atoms with Crippen molar-refractivity contribution in [2.45, 2.75) is 38.8 Å². The molecule has 0 aromatic carbocycles. The van der Waals surface area contributed by atoms with Crippen molar-refractivity contribution in [2.24, 2.45) is 5.92 Å². The Morgan fingerprint density at radius 2 is 2.27 bits per heavy atom. The van der Waals surface area contributed by atoms with Crippen LogP contribution in [0.25, 0.3) is 0 Å². The number of aliphatic hydroxyl groups excluding tert-OH is 1. The lowest BCUT2D eigenvalue weighted by atomic mass is 10.00. The van der Waals surface area contributed by atoms with Gasteiger partial charge in [-0.15, -0.1) is 0 Å². The van der Waals surface area contributed by atoms with Gasteiger partial charge in [-0.1, -0.05) is 13.8 Å². The summed E-state index contributed by atoms with van der Waals surface area (Å²) in [5.74, 6) is 0.302. The standard InChI is InChI=1S/C11H21NO3/c1-8(2)6-9(13)7-12-5-4-10(12)11(14)15-3/h8-10,13H,4-7H2,1-3H3. The maximum absolute atomic E-state index is 11.3. The van der Waals surface area contributed by atoms with E-state index >= 15 is 0 Å². The molecule has 0 saturated carbocycles. The molecule has 1 rings (SSSR count). The third-order valence-corrected chi connectivity index (χ3v) is 2.79. The van der Waals surface area contributed by atoms with Crippen LogP contribution in [-0.4, -0.2) is 48.3 Å². The van der Waals surface area contributed by atoms with Crippen molar-refractivity contribution in [3.63, 3.8) is 0 Å². The Balaban J connectivity index is 2.30. The first-order chi connectivity index (χ1) is 7.04. The quantitative estimate of drug-likeness (QED) is 0.684. The van der Waals surface area contributed by atoms with Crippen molar-refractivity contribution in [1.82, 2.24) is 4.90 Å². The minimum atomic E-state index is -0.336. The number of β-amino-alcohol motifs (C(OH)–C–C–N with tert-alkyl or cyclic N) is 1. The number of methoxy groups -OCH3 is 1. The van der Waals surface area contributed by atoms with E-state index in [0.29, 0.717) is 12.5 Å². The number of likely N-dealkylation sites (tertiary alicyclic amines) is 1. The van der Waals surface area contributed by atoms with E-state index in [1.165, 1.54) is 7.11 Å². The zero-order valence-electron chi connectivity index (χ0n) is 9.77. The Bertz CT molecular complexity index is 218. The van der Waals surface area contributed by atoms with Gasteiger partial charge >= 0.3 is 5.97 Å². The van der Waals surface area contributed by atoms with Crippen LogP contribution in [0.1, 0.15) is 26.7 Å². The van der Waals surface area contributed by atoms with Gasteiger partial charge in [-0.05, 0) is 18.8 Å². The average Bonchev–Trinajstić information content (AvgIpc) is 2.11. The number of carbonyl (C=O) groups is 1. The Morgan fingerprint density at radius 1 is 1.60 bits per heavy atom. The number of esters is 1. The first-order valence-corrected chi connectivity index (χ1v) is 5.54. The Hall–Kier alpha value is -0.610. The lowest BCUT2D eigenvalue weighted by Gasteiger charge is -2.39. The van der Waals surface area contributed by atoms with Crippen molar-refractivity contribution in [1.29, 1.82) is 0 Å². The van der Waals surface area contributed by atoms with Crippen LogP contribution in [0.4, 0.5) is 0 Å². The van der Waals surface area contributed by atoms with Crippen molar-refractivity contribution < 1.29 is 14.6 Å². The molecule has 15 heavy (non-hydrogen) atoms. The van der Waals surface area contributed by atoms with E-state index in [4.69, 9.17) is 0 Å². The van der Waals surface area contributed by atoms with E-state index < -0.39 is 0 Å². The van der Waals surface area contributed by atoms with Crippen molar-refractivity contribution in [3.8, 4) is 0 Å². The van der Waals surface area contributed by atoms with Gasteiger partial charge in [0.2, 0.25) is 0 Å². The summed E-state index contributed by atoms with van der Waals surface area (Å²) >= 11 is 0. The molecule has 4 heteroatoms. The van der Waals surface area contributed by atoms with Gasteiger partial charge in [0, 0.05) is 13.1 Å². The summed E-state index contributed by atoms with van der Waals surface area (Å²) in [6.07, 6.45) is 1.29.